The number of ether oxygens (including phenoxy) is 3. The Labute approximate surface area is 169 Å². The maximum atomic E-state index is 12.5. The molecule has 7 heteroatoms. The van der Waals surface area contributed by atoms with Gasteiger partial charge >= 0.3 is 6.61 Å². The van der Waals surface area contributed by atoms with Crippen molar-refractivity contribution >= 4 is 12.0 Å². The average Bonchev–Trinajstić information content (AvgIpc) is 2.68. The molecular weight excluding hydrogens is 380 g/mol. The van der Waals surface area contributed by atoms with Gasteiger partial charge in [0.15, 0.2) is 11.5 Å². The molecule has 29 heavy (non-hydrogen) atoms. The van der Waals surface area contributed by atoms with Crippen molar-refractivity contribution in [1.29, 1.82) is 0 Å². The van der Waals surface area contributed by atoms with Gasteiger partial charge < -0.3 is 19.5 Å². The lowest BCUT2D eigenvalue weighted by molar-refractivity contribution is -0.117. The van der Waals surface area contributed by atoms with Crippen LogP contribution in [0.3, 0.4) is 0 Å². The monoisotopic (exact) mass is 405 g/mol. The van der Waals surface area contributed by atoms with Gasteiger partial charge in [-0.2, -0.15) is 8.78 Å². The molecule has 0 aromatic heterocycles. The second-order valence-electron chi connectivity index (χ2n) is 6.05. The second kappa shape index (κ2) is 11.0. The van der Waals surface area contributed by atoms with E-state index in [0.29, 0.717) is 30.3 Å². The summed E-state index contributed by atoms with van der Waals surface area (Å²) in [5.74, 6) is 0.900. The summed E-state index contributed by atoms with van der Waals surface area (Å²) >= 11 is 0. The maximum Gasteiger partial charge on any atom is 0.387 e. The molecule has 1 unspecified atom stereocenters. The average molecular weight is 405 g/mol. The van der Waals surface area contributed by atoms with Crippen LogP contribution in [0.15, 0.2) is 48.5 Å². The molecule has 156 valence electrons. The van der Waals surface area contributed by atoms with E-state index in [1.54, 1.807) is 24.3 Å². The van der Waals surface area contributed by atoms with E-state index < -0.39 is 6.61 Å². The van der Waals surface area contributed by atoms with Crippen molar-refractivity contribution in [2.75, 3.05) is 13.2 Å². The standard InChI is InChI=1S/C22H25F2NO4/c1-4-27-19-12-10-17(14-20(19)28-5-2)15(3)25-21(26)13-11-16-8-6-7-9-18(16)29-22(23)24/h6-15,22H,4-5H2,1-3H3,(H,25,26)/b13-11+. The van der Waals surface area contributed by atoms with Crippen molar-refractivity contribution in [2.45, 2.75) is 33.4 Å². The first-order chi connectivity index (χ1) is 13.9. The number of nitrogens with one attached hydrogen (secondary N) is 1. The van der Waals surface area contributed by atoms with Crippen LogP contribution in [0.1, 0.15) is 37.9 Å². The molecule has 0 aliphatic carbocycles. The lowest BCUT2D eigenvalue weighted by atomic mass is 10.1. The molecule has 0 bridgehead atoms. The highest BCUT2D eigenvalue weighted by Gasteiger charge is 2.13. The predicted molar refractivity (Wildman–Crippen MR) is 107 cm³/mol. The van der Waals surface area contributed by atoms with Crippen LogP contribution in [0.2, 0.25) is 0 Å². The zero-order valence-electron chi connectivity index (χ0n) is 16.7. The van der Waals surface area contributed by atoms with Crippen LogP contribution in [0.4, 0.5) is 8.78 Å². The Balaban J connectivity index is 2.07. The molecule has 1 amide bonds. The van der Waals surface area contributed by atoms with Crippen LogP contribution in [-0.4, -0.2) is 25.7 Å². The molecule has 2 aromatic rings. The molecule has 0 aliphatic rings. The summed E-state index contributed by atoms with van der Waals surface area (Å²) in [4.78, 5) is 12.3. The molecule has 0 saturated heterocycles. The van der Waals surface area contributed by atoms with Gasteiger partial charge in [-0.15, -0.1) is 0 Å². The van der Waals surface area contributed by atoms with Gasteiger partial charge in [0.1, 0.15) is 5.75 Å². The van der Waals surface area contributed by atoms with Crippen molar-refractivity contribution in [1.82, 2.24) is 5.32 Å². The number of carbonyl (C=O) groups is 1. The summed E-state index contributed by atoms with van der Waals surface area (Å²) in [5, 5.41) is 2.84. The van der Waals surface area contributed by atoms with E-state index in [1.165, 1.54) is 18.2 Å². The third kappa shape index (κ3) is 6.78. The molecule has 0 heterocycles. The van der Waals surface area contributed by atoms with E-state index in [2.05, 4.69) is 10.1 Å². The van der Waals surface area contributed by atoms with Gasteiger partial charge in [-0.05, 0) is 50.6 Å². The Bertz CT molecular complexity index is 839. The number of hydrogen-bond donors (Lipinski definition) is 1. The highest BCUT2D eigenvalue weighted by Crippen LogP contribution is 2.30. The molecule has 5 nitrogen and oxygen atoms in total. The van der Waals surface area contributed by atoms with E-state index in [4.69, 9.17) is 9.47 Å². The van der Waals surface area contributed by atoms with Gasteiger partial charge in [-0.25, -0.2) is 0 Å². The van der Waals surface area contributed by atoms with Crippen molar-refractivity contribution < 1.29 is 27.8 Å². The molecular formula is C22H25F2NO4. The smallest absolute Gasteiger partial charge is 0.387 e. The molecule has 2 rings (SSSR count). The number of para-hydroxylation sites is 1. The minimum atomic E-state index is -2.93. The first-order valence-electron chi connectivity index (χ1n) is 9.36. The zero-order chi connectivity index (χ0) is 21.2. The van der Waals surface area contributed by atoms with Gasteiger partial charge in [0.2, 0.25) is 5.91 Å². The third-order valence-electron chi connectivity index (χ3n) is 3.98. The second-order valence-corrected chi connectivity index (χ2v) is 6.05. The van der Waals surface area contributed by atoms with Gasteiger partial charge in [-0.3, -0.25) is 4.79 Å². The van der Waals surface area contributed by atoms with Crippen LogP contribution < -0.4 is 19.5 Å². The third-order valence-corrected chi connectivity index (χ3v) is 3.98. The summed E-state index contributed by atoms with van der Waals surface area (Å²) in [6.45, 7) is 3.69. The first kappa shape index (κ1) is 22.2. The van der Waals surface area contributed by atoms with Crippen molar-refractivity contribution in [3.63, 3.8) is 0 Å². The minimum absolute atomic E-state index is 0.00691. The van der Waals surface area contributed by atoms with Crippen molar-refractivity contribution in [3.05, 3.63) is 59.7 Å². The normalized spacial score (nSPS) is 12.1. The van der Waals surface area contributed by atoms with Crippen LogP contribution in [0.25, 0.3) is 6.08 Å². The van der Waals surface area contributed by atoms with E-state index in [0.717, 1.165) is 5.56 Å². The Morgan fingerprint density at radius 2 is 1.72 bits per heavy atom. The van der Waals surface area contributed by atoms with Crippen LogP contribution in [0, 0.1) is 0 Å². The van der Waals surface area contributed by atoms with E-state index in [1.807, 2.05) is 32.9 Å². The van der Waals surface area contributed by atoms with E-state index >= 15 is 0 Å². The fraction of sp³-hybridized carbons (Fsp3) is 0.318. The predicted octanol–water partition coefficient (Wildman–Crippen LogP) is 4.98. The summed E-state index contributed by atoms with van der Waals surface area (Å²) in [5.41, 5.74) is 1.23. The minimum Gasteiger partial charge on any atom is -0.490 e. The summed E-state index contributed by atoms with van der Waals surface area (Å²) in [6, 6.07) is 11.5. The zero-order valence-corrected chi connectivity index (χ0v) is 16.7. The van der Waals surface area contributed by atoms with Crippen molar-refractivity contribution in [2.24, 2.45) is 0 Å². The van der Waals surface area contributed by atoms with Gasteiger partial charge in [0.25, 0.3) is 0 Å². The van der Waals surface area contributed by atoms with Gasteiger partial charge in [-0.1, -0.05) is 24.3 Å². The highest BCUT2D eigenvalue weighted by molar-refractivity contribution is 5.92. The number of rotatable bonds is 10. The number of hydrogen-bond acceptors (Lipinski definition) is 4. The Morgan fingerprint density at radius 3 is 2.41 bits per heavy atom. The number of alkyl halides is 2. The fourth-order valence-corrected chi connectivity index (χ4v) is 2.67. The van der Waals surface area contributed by atoms with Crippen LogP contribution in [0.5, 0.6) is 17.2 Å². The summed E-state index contributed by atoms with van der Waals surface area (Å²) < 4.78 is 40.6. The van der Waals surface area contributed by atoms with E-state index in [9.17, 15) is 13.6 Å². The molecule has 0 aliphatic heterocycles. The number of amides is 1. The van der Waals surface area contributed by atoms with Crippen LogP contribution in [-0.2, 0) is 4.79 Å². The lowest BCUT2D eigenvalue weighted by Gasteiger charge is -2.17. The Morgan fingerprint density at radius 1 is 1.03 bits per heavy atom. The quantitative estimate of drug-likeness (QED) is 0.567. The first-order valence-corrected chi connectivity index (χ1v) is 9.36. The molecule has 0 radical (unpaired) electrons. The number of carbonyl (C=O) groups excluding carboxylic acids is 1. The fourth-order valence-electron chi connectivity index (χ4n) is 2.67. The molecule has 0 saturated carbocycles. The van der Waals surface area contributed by atoms with E-state index in [-0.39, 0.29) is 17.7 Å². The molecule has 2 aromatic carbocycles. The number of benzene rings is 2. The highest BCUT2D eigenvalue weighted by atomic mass is 19.3. The molecule has 0 fully saturated rings. The number of halogens is 2. The molecule has 1 atom stereocenters. The van der Waals surface area contributed by atoms with Crippen LogP contribution >= 0.6 is 0 Å². The largest absolute Gasteiger partial charge is 0.490 e. The topological polar surface area (TPSA) is 56.8 Å². The Kier molecular flexibility index (Phi) is 8.45. The SMILES string of the molecule is CCOc1ccc(C(C)NC(=O)/C=C/c2ccccc2OC(F)F)cc1OCC. The Hall–Kier alpha value is -3.09. The van der Waals surface area contributed by atoms with Gasteiger partial charge in [0.05, 0.1) is 19.3 Å². The lowest BCUT2D eigenvalue weighted by Crippen LogP contribution is -2.24. The summed E-state index contributed by atoms with van der Waals surface area (Å²) in [7, 11) is 0. The van der Waals surface area contributed by atoms with Crippen molar-refractivity contribution in [3.8, 4) is 17.2 Å². The molecule has 0 spiro atoms. The maximum absolute atomic E-state index is 12.5. The molecule has 1 N–H and O–H groups in total. The van der Waals surface area contributed by atoms with Gasteiger partial charge in [0, 0.05) is 11.6 Å². The summed E-state index contributed by atoms with van der Waals surface area (Å²) in [6.07, 6.45) is 2.71.